The highest BCUT2D eigenvalue weighted by molar-refractivity contribution is 6.31. The fraction of sp³-hybridized carbons (Fsp3) is 0.286. The maximum absolute atomic E-state index is 13.3. The number of halogens is 2. The third kappa shape index (κ3) is 4.59. The number of amides is 4. The highest BCUT2D eigenvalue weighted by atomic mass is 35.5. The number of carbonyl (C=O) groups is 3. The standard InChI is InChI=1S/C21H22Cl2N4O5/c1-21(2)18(27(31)19(29)24-15-8-4-6-13(22)10-15)26(16-9-5-7-14(23)11-16)20(30)25(21)12-17(28)32-3/h4-11,18,31H,12H2,1-3H3,(H,24,29)/t18-/m0/s1. The molecule has 1 saturated heterocycles. The van der Waals surface area contributed by atoms with Crippen molar-refractivity contribution < 1.29 is 24.3 Å². The average Bonchev–Trinajstić information content (AvgIpc) is 2.93. The number of carbonyl (C=O) groups excluding carboxylic acids is 3. The Hall–Kier alpha value is -3.01. The minimum Gasteiger partial charge on any atom is -0.468 e. The molecular formula is C21H22Cl2N4O5. The van der Waals surface area contributed by atoms with Gasteiger partial charge in [0.15, 0.2) is 6.17 Å². The molecule has 0 aromatic heterocycles. The summed E-state index contributed by atoms with van der Waals surface area (Å²) in [6.07, 6.45) is -1.21. The second-order valence-corrected chi connectivity index (χ2v) is 8.48. The zero-order valence-corrected chi connectivity index (χ0v) is 19.1. The number of hydrogen-bond acceptors (Lipinski definition) is 5. The van der Waals surface area contributed by atoms with Gasteiger partial charge in [-0.15, -0.1) is 0 Å². The second kappa shape index (κ2) is 9.23. The summed E-state index contributed by atoms with van der Waals surface area (Å²) < 4.78 is 4.71. The van der Waals surface area contributed by atoms with E-state index in [2.05, 4.69) is 5.32 Å². The lowest BCUT2D eigenvalue weighted by atomic mass is 10.00. The van der Waals surface area contributed by atoms with Gasteiger partial charge in [0.05, 0.1) is 12.6 Å². The van der Waals surface area contributed by atoms with Crippen molar-refractivity contribution in [3.8, 4) is 0 Å². The molecule has 11 heteroatoms. The van der Waals surface area contributed by atoms with E-state index in [1.54, 1.807) is 50.2 Å². The molecule has 2 aromatic rings. The van der Waals surface area contributed by atoms with Crippen molar-refractivity contribution in [1.29, 1.82) is 0 Å². The van der Waals surface area contributed by atoms with Crippen LogP contribution in [0.4, 0.5) is 21.0 Å². The smallest absolute Gasteiger partial charge is 0.347 e. The Morgan fingerprint density at radius 1 is 1.16 bits per heavy atom. The first-order valence-electron chi connectivity index (χ1n) is 9.54. The zero-order valence-electron chi connectivity index (χ0n) is 17.6. The van der Waals surface area contributed by atoms with Crippen LogP contribution in [0.1, 0.15) is 13.8 Å². The van der Waals surface area contributed by atoms with E-state index < -0.39 is 29.7 Å². The van der Waals surface area contributed by atoms with Gasteiger partial charge in [0.1, 0.15) is 6.54 Å². The lowest BCUT2D eigenvalue weighted by molar-refractivity contribution is -0.143. The third-order valence-corrected chi connectivity index (χ3v) is 5.60. The Morgan fingerprint density at radius 2 is 1.78 bits per heavy atom. The number of nitrogens with one attached hydrogen (secondary N) is 1. The number of urea groups is 2. The van der Waals surface area contributed by atoms with Crippen LogP contribution in [0.5, 0.6) is 0 Å². The van der Waals surface area contributed by atoms with Gasteiger partial charge < -0.3 is 15.0 Å². The van der Waals surface area contributed by atoms with Crippen LogP contribution in [-0.4, -0.2) is 58.6 Å². The Bertz CT molecular complexity index is 1050. The molecule has 1 fully saturated rings. The summed E-state index contributed by atoms with van der Waals surface area (Å²) in [5.74, 6) is -0.647. The van der Waals surface area contributed by atoms with Gasteiger partial charge in [0.2, 0.25) is 0 Å². The van der Waals surface area contributed by atoms with Crippen molar-refractivity contribution in [2.24, 2.45) is 0 Å². The molecule has 1 heterocycles. The van der Waals surface area contributed by atoms with E-state index in [-0.39, 0.29) is 6.54 Å². The van der Waals surface area contributed by atoms with E-state index in [1.165, 1.54) is 29.0 Å². The Kier molecular flexibility index (Phi) is 6.82. The summed E-state index contributed by atoms with van der Waals surface area (Å²) >= 11 is 12.1. The molecule has 1 aliphatic rings. The number of nitrogens with zero attached hydrogens (tertiary/aromatic N) is 3. The molecule has 0 bridgehead atoms. The predicted molar refractivity (Wildman–Crippen MR) is 120 cm³/mol. The second-order valence-electron chi connectivity index (χ2n) is 7.61. The first-order chi connectivity index (χ1) is 15.1. The minimum absolute atomic E-state index is 0.336. The van der Waals surface area contributed by atoms with Crippen molar-refractivity contribution >= 4 is 52.6 Å². The van der Waals surface area contributed by atoms with Crippen molar-refractivity contribution in [2.45, 2.75) is 25.6 Å². The quantitative estimate of drug-likeness (QED) is 0.374. The van der Waals surface area contributed by atoms with E-state index in [0.717, 1.165) is 0 Å². The van der Waals surface area contributed by atoms with Gasteiger partial charge in [-0.1, -0.05) is 35.3 Å². The van der Waals surface area contributed by atoms with Crippen molar-refractivity contribution in [2.75, 3.05) is 23.9 Å². The molecule has 0 unspecified atom stereocenters. The first-order valence-corrected chi connectivity index (χ1v) is 10.3. The van der Waals surface area contributed by atoms with Crippen LogP contribution in [0, 0.1) is 0 Å². The van der Waals surface area contributed by atoms with Crippen LogP contribution in [0.15, 0.2) is 48.5 Å². The lowest BCUT2D eigenvalue weighted by Crippen LogP contribution is -2.58. The molecule has 9 nitrogen and oxygen atoms in total. The molecule has 1 atom stereocenters. The minimum atomic E-state index is -1.21. The summed E-state index contributed by atoms with van der Waals surface area (Å²) in [6.45, 7) is 2.87. The number of hydrogen-bond donors (Lipinski definition) is 2. The highest BCUT2D eigenvalue weighted by Gasteiger charge is 2.56. The van der Waals surface area contributed by atoms with E-state index in [4.69, 9.17) is 27.9 Å². The molecule has 2 aromatic carbocycles. The van der Waals surface area contributed by atoms with Gasteiger partial charge >= 0.3 is 18.0 Å². The van der Waals surface area contributed by atoms with Crippen molar-refractivity contribution in [3.63, 3.8) is 0 Å². The molecule has 0 aliphatic carbocycles. The van der Waals surface area contributed by atoms with E-state index >= 15 is 0 Å². The van der Waals surface area contributed by atoms with Crippen LogP contribution in [0.3, 0.4) is 0 Å². The van der Waals surface area contributed by atoms with Crippen LogP contribution in [-0.2, 0) is 9.53 Å². The number of benzene rings is 2. The first kappa shape index (κ1) is 23.6. The zero-order chi connectivity index (χ0) is 23.6. The number of ether oxygens (including phenoxy) is 1. The van der Waals surface area contributed by atoms with Crippen molar-refractivity contribution in [3.05, 3.63) is 58.6 Å². The van der Waals surface area contributed by atoms with Crippen LogP contribution >= 0.6 is 23.2 Å². The van der Waals surface area contributed by atoms with Gasteiger partial charge in [-0.05, 0) is 50.2 Å². The normalized spacial score (nSPS) is 17.3. The molecule has 0 saturated carbocycles. The summed E-state index contributed by atoms with van der Waals surface area (Å²) in [4.78, 5) is 40.6. The molecule has 2 N–H and O–H groups in total. The molecule has 0 spiro atoms. The molecule has 0 radical (unpaired) electrons. The topological polar surface area (TPSA) is 102 Å². The lowest BCUT2D eigenvalue weighted by Gasteiger charge is -2.38. The molecule has 32 heavy (non-hydrogen) atoms. The SMILES string of the molecule is COC(=O)CN1C(=O)N(c2cccc(Cl)c2)[C@@H](N(O)C(=O)Nc2cccc(Cl)c2)C1(C)C. The molecular weight excluding hydrogens is 459 g/mol. The molecule has 170 valence electrons. The third-order valence-electron chi connectivity index (χ3n) is 5.13. The number of esters is 1. The van der Waals surface area contributed by atoms with E-state index in [0.29, 0.717) is 26.5 Å². The maximum Gasteiger partial charge on any atom is 0.347 e. The van der Waals surface area contributed by atoms with Gasteiger partial charge in [-0.3, -0.25) is 14.9 Å². The fourth-order valence-electron chi connectivity index (χ4n) is 3.55. The number of hydroxylamine groups is 2. The number of rotatable bonds is 5. The van der Waals surface area contributed by atoms with E-state index in [1.807, 2.05) is 0 Å². The Labute approximate surface area is 195 Å². The van der Waals surface area contributed by atoms with Crippen LogP contribution in [0.25, 0.3) is 0 Å². The number of methoxy groups -OCH3 is 1. The summed E-state index contributed by atoms with van der Waals surface area (Å²) in [6, 6.07) is 11.3. The summed E-state index contributed by atoms with van der Waals surface area (Å²) in [7, 11) is 1.21. The summed E-state index contributed by atoms with van der Waals surface area (Å²) in [5.41, 5.74) is -0.513. The van der Waals surface area contributed by atoms with E-state index in [9.17, 15) is 19.6 Å². The number of anilines is 2. The maximum atomic E-state index is 13.3. The Balaban J connectivity index is 2.00. The van der Waals surface area contributed by atoms with Gasteiger partial charge in [-0.2, -0.15) is 5.06 Å². The fourth-order valence-corrected chi connectivity index (χ4v) is 3.92. The monoisotopic (exact) mass is 480 g/mol. The van der Waals surface area contributed by atoms with Crippen LogP contribution < -0.4 is 10.2 Å². The average molecular weight is 481 g/mol. The molecule has 4 amide bonds. The van der Waals surface area contributed by atoms with Gasteiger partial charge in [0, 0.05) is 21.4 Å². The summed E-state index contributed by atoms with van der Waals surface area (Å²) in [5, 5.41) is 14.6. The van der Waals surface area contributed by atoms with Gasteiger partial charge in [-0.25, -0.2) is 9.59 Å². The molecule has 1 aliphatic heterocycles. The predicted octanol–water partition coefficient (Wildman–Crippen LogP) is 4.44. The molecule has 3 rings (SSSR count). The van der Waals surface area contributed by atoms with Crippen molar-refractivity contribution in [1.82, 2.24) is 9.96 Å². The Morgan fingerprint density at radius 3 is 2.38 bits per heavy atom. The highest BCUT2D eigenvalue weighted by Crippen LogP contribution is 2.38. The van der Waals surface area contributed by atoms with Gasteiger partial charge in [0.25, 0.3) is 0 Å². The largest absolute Gasteiger partial charge is 0.468 e. The van der Waals surface area contributed by atoms with Crippen LogP contribution in [0.2, 0.25) is 10.0 Å².